The van der Waals surface area contributed by atoms with Crippen LogP contribution in [0.2, 0.25) is 0 Å². The second kappa shape index (κ2) is 4.66. The van der Waals surface area contributed by atoms with Gasteiger partial charge in [-0.15, -0.1) is 0 Å². The Morgan fingerprint density at radius 2 is 2.06 bits per heavy atom. The van der Waals surface area contributed by atoms with E-state index >= 15 is 0 Å². The van der Waals surface area contributed by atoms with Crippen molar-refractivity contribution in [1.82, 2.24) is 4.98 Å². The first-order chi connectivity index (χ1) is 8.09. The summed E-state index contributed by atoms with van der Waals surface area (Å²) in [6.07, 6.45) is 1.63. The van der Waals surface area contributed by atoms with Gasteiger partial charge in [-0.25, -0.2) is 13.8 Å². The van der Waals surface area contributed by atoms with E-state index in [1.807, 2.05) is 6.07 Å². The van der Waals surface area contributed by atoms with Gasteiger partial charge in [0.05, 0.1) is 5.56 Å². The second-order valence-electron chi connectivity index (χ2n) is 4.17. The number of halogens is 2. The van der Waals surface area contributed by atoms with Crippen LogP contribution in [0.25, 0.3) is 0 Å². The maximum Gasteiger partial charge on any atom is 0.248 e. The fourth-order valence-corrected chi connectivity index (χ4v) is 1.82. The molecule has 2 rings (SSSR count). The van der Waals surface area contributed by atoms with Gasteiger partial charge in [-0.3, -0.25) is 0 Å². The average Bonchev–Trinajstić information content (AvgIpc) is 2.33. The van der Waals surface area contributed by atoms with Gasteiger partial charge < -0.3 is 4.74 Å². The van der Waals surface area contributed by atoms with Crippen LogP contribution in [0.1, 0.15) is 31.2 Å². The van der Waals surface area contributed by atoms with E-state index in [9.17, 15) is 8.78 Å². The van der Waals surface area contributed by atoms with Gasteiger partial charge in [-0.1, -0.05) is 0 Å². The lowest BCUT2D eigenvalue weighted by Crippen LogP contribution is -2.30. The highest BCUT2D eigenvalue weighted by Crippen LogP contribution is 2.34. The molecule has 0 radical (unpaired) electrons. The summed E-state index contributed by atoms with van der Waals surface area (Å²) in [4.78, 5) is 3.95. The summed E-state index contributed by atoms with van der Waals surface area (Å²) < 4.78 is 31.3. The lowest BCUT2D eigenvalue weighted by Gasteiger charge is -2.28. The molecule has 0 unspecified atom stereocenters. The number of nitrogens with zero attached hydrogens (tertiary/aromatic N) is 2. The Labute approximate surface area is 98.0 Å². The molecule has 1 aliphatic carbocycles. The maximum atomic E-state index is 12.9. The van der Waals surface area contributed by atoms with Gasteiger partial charge in [0.15, 0.2) is 0 Å². The quantitative estimate of drug-likeness (QED) is 0.795. The summed E-state index contributed by atoms with van der Waals surface area (Å²) in [6, 6.07) is 5.14. The van der Waals surface area contributed by atoms with Crippen molar-refractivity contribution in [2.75, 3.05) is 0 Å². The van der Waals surface area contributed by atoms with E-state index in [1.165, 1.54) is 6.20 Å². The molecule has 1 fully saturated rings. The molecular weight excluding hydrogens is 226 g/mol. The van der Waals surface area contributed by atoms with Crippen molar-refractivity contribution in [3.05, 3.63) is 23.9 Å². The molecule has 0 aliphatic heterocycles. The Morgan fingerprint density at radius 1 is 1.35 bits per heavy atom. The zero-order chi connectivity index (χ0) is 12.3. The van der Waals surface area contributed by atoms with Gasteiger partial charge in [-0.05, 0) is 18.9 Å². The minimum atomic E-state index is -2.54. The molecule has 0 amide bonds. The number of hydrogen-bond donors (Lipinski definition) is 0. The molecule has 90 valence electrons. The normalized spacial score (nSPS) is 19.6. The molecule has 1 saturated carbocycles. The smallest absolute Gasteiger partial charge is 0.248 e. The molecule has 1 heterocycles. The summed E-state index contributed by atoms with van der Waals surface area (Å²) in [7, 11) is 0. The Kier molecular flexibility index (Phi) is 3.23. The van der Waals surface area contributed by atoms with Gasteiger partial charge in [0.1, 0.15) is 12.2 Å². The second-order valence-corrected chi connectivity index (χ2v) is 4.17. The SMILES string of the molecule is N#Cc1ccc(OC2CCC(F)(F)CC2)nc1. The fourth-order valence-electron chi connectivity index (χ4n) is 1.82. The third kappa shape index (κ3) is 3.13. The van der Waals surface area contributed by atoms with Gasteiger partial charge in [0.2, 0.25) is 11.8 Å². The summed E-state index contributed by atoms with van der Waals surface area (Å²) in [6.45, 7) is 0. The van der Waals surface area contributed by atoms with Crippen LogP contribution >= 0.6 is 0 Å². The number of aromatic nitrogens is 1. The number of rotatable bonds is 2. The zero-order valence-electron chi connectivity index (χ0n) is 9.20. The third-order valence-corrected chi connectivity index (χ3v) is 2.82. The predicted octanol–water partition coefficient (Wildman–Crippen LogP) is 2.91. The topological polar surface area (TPSA) is 45.9 Å². The van der Waals surface area contributed by atoms with Crippen molar-refractivity contribution in [3.63, 3.8) is 0 Å². The molecule has 0 N–H and O–H groups in total. The number of nitriles is 1. The Balaban J connectivity index is 1.91. The van der Waals surface area contributed by atoms with Crippen molar-refractivity contribution < 1.29 is 13.5 Å². The van der Waals surface area contributed by atoms with Crippen LogP contribution in [0, 0.1) is 11.3 Å². The van der Waals surface area contributed by atoms with E-state index in [2.05, 4.69) is 4.98 Å². The monoisotopic (exact) mass is 238 g/mol. The van der Waals surface area contributed by atoms with E-state index in [1.54, 1.807) is 12.1 Å². The number of alkyl halides is 2. The maximum absolute atomic E-state index is 12.9. The number of pyridine rings is 1. The molecule has 1 aromatic rings. The van der Waals surface area contributed by atoms with Gasteiger partial charge in [0.25, 0.3) is 0 Å². The Morgan fingerprint density at radius 3 is 2.59 bits per heavy atom. The van der Waals surface area contributed by atoms with Crippen LogP contribution in [0.4, 0.5) is 8.78 Å². The Hall–Kier alpha value is -1.70. The van der Waals surface area contributed by atoms with Crippen molar-refractivity contribution >= 4 is 0 Å². The standard InChI is InChI=1S/C12H12F2N2O/c13-12(14)5-3-10(4-6-12)17-11-2-1-9(7-15)8-16-11/h1-2,8,10H,3-6H2. The molecule has 3 nitrogen and oxygen atoms in total. The van der Waals surface area contributed by atoms with E-state index in [-0.39, 0.29) is 18.9 Å². The minimum absolute atomic E-state index is 0.131. The summed E-state index contributed by atoms with van der Waals surface area (Å²) >= 11 is 0. The fraction of sp³-hybridized carbons (Fsp3) is 0.500. The molecular formula is C12H12F2N2O. The molecule has 0 saturated heterocycles. The first-order valence-corrected chi connectivity index (χ1v) is 5.50. The third-order valence-electron chi connectivity index (χ3n) is 2.82. The summed E-state index contributed by atoms with van der Waals surface area (Å²) in [5.74, 6) is -2.16. The van der Waals surface area contributed by atoms with Crippen molar-refractivity contribution in [3.8, 4) is 11.9 Å². The molecule has 5 heteroatoms. The van der Waals surface area contributed by atoms with Crippen molar-refractivity contribution in [1.29, 1.82) is 5.26 Å². The van der Waals surface area contributed by atoms with Crippen LogP contribution in [-0.2, 0) is 0 Å². The predicted molar refractivity (Wildman–Crippen MR) is 56.8 cm³/mol. The van der Waals surface area contributed by atoms with E-state index < -0.39 is 5.92 Å². The number of hydrogen-bond acceptors (Lipinski definition) is 3. The molecule has 1 aliphatic rings. The lowest BCUT2D eigenvalue weighted by atomic mass is 9.94. The lowest BCUT2D eigenvalue weighted by molar-refractivity contribution is -0.0588. The van der Waals surface area contributed by atoms with Gasteiger partial charge in [-0.2, -0.15) is 5.26 Å². The molecule has 1 aromatic heterocycles. The highest BCUT2D eigenvalue weighted by Gasteiger charge is 2.35. The van der Waals surface area contributed by atoms with Gasteiger partial charge >= 0.3 is 0 Å². The van der Waals surface area contributed by atoms with Crippen LogP contribution in [0.5, 0.6) is 5.88 Å². The first-order valence-electron chi connectivity index (χ1n) is 5.50. The van der Waals surface area contributed by atoms with Crippen molar-refractivity contribution in [2.45, 2.75) is 37.7 Å². The Bertz CT molecular complexity index is 415. The number of ether oxygens (including phenoxy) is 1. The molecule has 0 atom stereocenters. The average molecular weight is 238 g/mol. The van der Waals surface area contributed by atoms with Crippen LogP contribution in [-0.4, -0.2) is 17.0 Å². The highest BCUT2D eigenvalue weighted by molar-refractivity contribution is 5.28. The van der Waals surface area contributed by atoms with E-state index in [0.29, 0.717) is 24.3 Å². The molecule has 0 bridgehead atoms. The summed E-state index contributed by atoms with van der Waals surface area (Å²) in [5, 5.41) is 8.59. The largest absolute Gasteiger partial charge is 0.474 e. The minimum Gasteiger partial charge on any atom is -0.474 e. The molecule has 17 heavy (non-hydrogen) atoms. The molecule has 0 spiro atoms. The van der Waals surface area contributed by atoms with Crippen LogP contribution in [0.15, 0.2) is 18.3 Å². The first kappa shape index (κ1) is 11.8. The van der Waals surface area contributed by atoms with E-state index in [4.69, 9.17) is 10.00 Å². The highest BCUT2D eigenvalue weighted by atomic mass is 19.3. The van der Waals surface area contributed by atoms with Crippen molar-refractivity contribution in [2.24, 2.45) is 0 Å². The van der Waals surface area contributed by atoms with Gasteiger partial charge in [0, 0.05) is 25.1 Å². The zero-order valence-corrected chi connectivity index (χ0v) is 9.20. The molecule has 0 aromatic carbocycles. The van der Waals surface area contributed by atoms with E-state index in [0.717, 1.165) is 0 Å². The summed E-state index contributed by atoms with van der Waals surface area (Å²) in [5.41, 5.74) is 0.451. The van der Waals surface area contributed by atoms with Crippen LogP contribution < -0.4 is 4.74 Å². The van der Waals surface area contributed by atoms with Crippen LogP contribution in [0.3, 0.4) is 0 Å².